The van der Waals surface area contributed by atoms with Gasteiger partial charge in [0.05, 0.1) is 11.8 Å². The average Bonchev–Trinajstić information content (AvgIpc) is 2.91. The van der Waals surface area contributed by atoms with E-state index in [1.165, 1.54) is 4.90 Å². The van der Waals surface area contributed by atoms with Crippen molar-refractivity contribution in [1.82, 2.24) is 20.0 Å². The Balaban J connectivity index is 1.80. The smallest absolute Gasteiger partial charge is 0.254 e. The molecule has 6 nitrogen and oxygen atoms in total. The molecule has 1 aromatic heterocycles. The standard InChI is InChI=1S/C16H18F2N4O2/c1-21(9-11-8-20-22(2)10-11)15(23)5-6-19-16(24)13-4-3-12(17)7-14(13)18/h3-4,7-8,10H,5-6,9H2,1-2H3,(H,19,24). The Hall–Kier alpha value is -2.77. The number of aromatic nitrogens is 2. The van der Waals surface area contributed by atoms with Gasteiger partial charge < -0.3 is 10.2 Å². The van der Waals surface area contributed by atoms with Gasteiger partial charge in [-0.1, -0.05) is 0 Å². The highest BCUT2D eigenvalue weighted by molar-refractivity contribution is 5.94. The van der Waals surface area contributed by atoms with Gasteiger partial charge in [-0.05, 0) is 12.1 Å². The molecule has 0 fully saturated rings. The van der Waals surface area contributed by atoms with Crippen LogP contribution in [0.5, 0.6) is 0 Å². The van der Waals surface area contributed by atoms with Gasteiger partial charge in [0.25, 0.3) is 5.91 Å². The number of nitrogens with one attached hydrogen (secondary N) is 1. The lowest BCUT2D eigenvalue weighted by Gasteiger charge is -2.16. The van der Waals surface area contributed by atoms with Gasteiger partial charge in [0.2, 0.25) is 5.91 Å². The highest BCUT2D eigenvalue weighted by Gasteiger charge is 2.14. The quantitative estimate of drug-likeness (QED) is 0.869. The van der Waals surface area contributed by atoms with Gasteiger partial charge >= 0.3 is 0 Å². The average molecular weight is 336 g/mol. The Morgan fingerprint density at radius 3 is 2.71 bits per heavy atom. The SMILES string of the molecule is CN(Cc1cnn(C)c1)C(=O)CCNC(=O)c1ccc(F)cc1F. The molecule has 0 saturated heterocycles. The van der Waals surface area contributed by atoms with E-state index in [-0.39, 0.29) is 24.4 Å². The molecule has 24 heavy (non-hydrogen) atoms. The van der Waals surface area contributed by atoms with Gasteiger partial charge in [-0.3, -0.25) is 14.3 Å². The second-order valence-electron chi connectivity index (χ2n) is 5.40. The fourth-order valence-electron chi connectivity index (χ4n) is 2.16. The normalized spacial score (nSPS) is 10.5. The van der Waals surface area contributed by atoms with Crippen molar-refractivity contribution in [3.63, 3.8) is 0 Å². The topological polar surface area (TPSA) is 67.2 Å². The first-order chi connectivity index (χ1) is 11.4. The summed E-state index contributed by atoms with van der Waals surface area (Å²) in [5.74, 6) is -2.54. The van der Waals surface area contributed by atoms with Crippen molar-refractivity contribution < 1.29 is 18.4 Å². The van der Waals surface area contributed by atoms with Crippen LogP contribution in [0.15, 0.2) is 30.6 Å². The molecule has 0 unspecified atom stereocenters. The highest BCUT2D eigenvalue weighted by Crippen LogP contribution is 2.09. The third kappa shape index (κ3) is 4.61. The van der Waals surface area contributed by atoms with Crippen molar-refractivity contribution in [2.45, 2.75) is 13.0 Å². The molecule has 2 aromatic rings. The zero-order valence-corrected chi connectivity index (χ0v) is 13.4. The summed E-state index contributed by atoms with van der Waals surface area (Å²) in [6, 6.07) is 2.71. The third-order valence-corrected chi connectivity index (χ3v) is 3.40. The van der Waals surface area contributed by atoms with E-state index in [2.05, 4.69) is 10.4 Å². The molecular weight excluding hydrogens is 318 g/mol. The van der Waals surface area contributed by atoms with Gasteiger partial charge in [-0.15, -0.1) is 0 Å². The van der Waals surface area contributed by atoms with Crippen LogP contribution in [-0.4, -0.2) is 40.1 Å². The lowest BCUT2D eigenvalue weighted by atomic mass is 10.2. The van der Waals surface area contributed by atoms with E-state index in [1.807, 2.05) is 6.20 Å². The molecule has 0 atom stereocenters. The molecule has 0 radical (unpaired) electrons. The summed E-state index contributed by atoms with van der Waals surface area (Å²) in [6.45, 7) is 0.471. The van der Waals surface area contributed by atoms with Crippen LogP contribution in [0.25, 0.3) is 0 Å². The number of halogens is 2. The number of benzene rings is 1. The lowest BCUT2D eigenvalue weighted by molar-refractivity contribution is -0.130. The molecule has 0 spiro atoms. The Morgan fingerprint density at radius 2 is 2.08 bits per heavy atom. The molecule has 8 heteroatoms. The van der Waals surface area contributed by atoms with Crippen molar-refractivity contribution in [1.29, 1.82) is 0 Å². The van der Waals surface area contributed by atoms with Crippen LogP contribution < -0.4 is 5.32 Å². The van der Waals surface area contributed by atoms with Crippen molar-refractivity contribution >= 4 is 11.8 Å². The molecule has 2 rings (SSSR count). The van der Waals surface area contributed by atoms with Crippen molar-refractivity contribution in [3.8, 4) is 0 Å². The van der Waals surface area contributed by atoms with Crippen LogP contribution in [0.2, 0.25) is 0 Å². The lowest BCUT2D eigenvalue weighted by Crippen LogP contribution is -2.32. The van der Waals surface area contributed by atoms with Crippen molar-refractivity contribution in [2.24, 2.45) is 7.05 Å². The van der Waals surface area contributed by atoms with Crippen LogP contribution in [0.3, 0.4) is 0 Å². The monoisotopic (exact) mass is 336 g/mol. The maximum absolute atomic E-state index is 13.5. The predicted molar refractivity (Wildman–Crippen MR) is 83.0 cm³/mol. The summed E-state index contributed by atoms with van der Waals surface area (Å²) in [4.78, 5) is 25.3. The Morgan fingerprint density at radius 1 is 1.33 bits per heavy atom. The van der Waals surface area contributed by atoms with Gasteiger partial charge in [0.1, 0.15) is 11.6 Å². The van der Waals surface area contributed by atoms with Gasteiger partial charge in [-0.25, -0.2) is 8.78 Å². The number of amides is 2. The summed E-state index contributed by atoms with van der Waals surface area (Å²) in [5, 5.41) is 6.47. The van der Waals surface area contributed by atoms with E-state index in [9.17, 15) is 18.4 Å². The van der Waals surface area contributed by atoms with E-state index >= 15 is 0 Å². The minimum absolute atomic E-state index is 0.0614. The van der Waals surface area contributed by atoms with Crippen LogP contribution in [0.4, 0.5) is 8.78 Å². The van der Waals surface area contributed by atoms with E-state index in [0.717, 1.165) is 17.7 Å². The molecule has 0 aliphatic carbocycles. The number of hydrogen-bond donors (Lipinski definition) is 1. The molecule has 1 N–H and O–H groups in total. The Bertz CT molecular complexity index is 745. The summed E-state index contributed by atoms with van der Waals surface area (Å²) < 4.78 is 27.9. The van der Waals surface area contributed by atoms with Gasteiger partial charge in [-0.2, -0.15) is 5.10 Å². The van der Waals surface area contributed by atoms with Crippen LogP contribution >= 0.6 is 0 Å². The summed E-state index contributed by atoms with van der Waals surface area (Å²) >= 11 is 0. The maximum atomic E-state index is 13.5. The molecule has 1 aromatic carbocycles. The Kier molecular flexibility index (Phi) is 5.62. The van der Waals surface area contributed by atoms with Gasteiger partial charge in [0, 0.05) is 51.4 Å². The third-order valence-electron chi connectivity index (χ3n) is 3.40. The van der Waals surface area contributed by atoms with Crippen molar-refractivity contribution in [2.75, 3.05) is 13.6 Å². The number of hydrogen-bond acceptors (Lipinski definition) is 3. The molecule has 1 heterocycles. The van der Waals surface area contributed by atoms with Crippen LogP contribution in [-0.2, 0) is 18.4 Å². The van der Waals surface area contributed by atoms with Gasteiger partial charge in [0.15, 0.2) is 0 Å². The summed E-state index contributed by atoms with van der Waals surface area (Å²) in [6.07, 6.45) is 3.55. The minimum Gasteiger partial charge on any atom is -0.351 e. The number of carbonyl (C=O) groups excluding carboxylic acids is 2. The van der Waals surface area contributed by atoms with Crippen LogP contribution in [0, 0.1) is 11.6 Å². The van der Waals surface area contributed by atoms with E-state index in [1.54, 1.807) is 25.0 Å². The summed E-state index contributed by atoms with van der Waals surface area (Å²) in [7, 11) is 3.44. The number of rotatable bonds is 6. The van der Waals surface area contributed by atoms with E-state index in [4.69, 9.17) is 0 Å². The van der Waals surface area contributed by atoms with E-state index < -0.39 is 17.5 Å². The molecule has 0 aliphatic rings. The predicted octanol–water partition coefficient (Wildman–Crippen LogP) is 1.48. The first-order valence-electron chi connectivity index (χ1n) is 7.31. The molecule has 2 amide bonds. The highest BCUT2D eigenvalue weighted by atomic mass is 19.1. The fraction of sp³-hybridized carbons (Fsp3) is 0.312. The largest absolute Gasteiger partial charge is 0.351 e. The molecule has 0 saturated carbocycles. The number of nitrogens with zero attached hydrogens (tertiary/aromatic N) is 3. The number of carbonyl (C=O) groups is 2. The second-order valence-corrected chi connectivity index (χ2v) is 5.40. The maximum Gasteiger partial charge on any atom is 0.254 e. The van der Waals surface area contributed by atoms with Crippen molar-refractivity contribution in [3.05, 3.63) is 53.4 Å². The molecular formula is C16H18F2N4O2. The number of aryl methyl sites for hydroxylation is 1. The summed E-state index contributed by atoms with van der Waals surface area (Å²) in [5.41, 5.74) is 0.637. The second kappa shape index (κ2) is 7.67. The molecule has 0 aliphatic heterocycles. The van der Waals surface area contributed by atoms with Crippen LogP contribution in [0.1, 0.15) is 22.3 Å². The fourth-order valence-corrected chi connectivity index (χ4v) is 2.16. The van der Waals surface area contributed by atoms with E-state index in [0.29, 0.717) is 12.6 Å². The first kappa shape index (κ1) is 17.6. The first-order valence-corrected chi connectivity index (χ1v) is 7.31. The Labute approximate surface area is 138 Å². The molecule has 128 valence electrons. The zero-order chi connectivity index (χ0) is 17.7. The minimum atomic E-state index is -0.937. The zero-order valence-electron chi connectivity index (χ0n) is 13.4. The molecule has 0 bridgehead atoms.